The first-order chi connectivity index (χ1) is 9.69. The summed E-state index contributed by atoms with van der Waals surface area (Å²) in [5.74, 6) is -0.0654. The standard InChI is InChI=1S/C16H24O5/c1-10(15(18)21-16(2,3)4)14(17)12-8-7-11(19-5)9-13(12)20-6/h7-10,14,17H,1-6H3. The predicted octanol–water partition coefficient (Wildman–Crippen LogP) is 2.72. The van der Waals surface area contributed by atoms with Crippen molar-refractivity contribution in [2.24, 2.45) is 5.92 Å². The van der Waals surface area contributed by atoms with Crippen molar-refractivity contribution in [3.63, 3.8) is 0 Å². The van der Waals surface area contributed by atoms with E-state index in [0.29, 0.717) is 17.1 Å². The lowest BCUT2D eigenvalue weighted by Crippen LogP contribution is -2.30. The second-order valence-electron chi connectivity index (χ2n) is 5.87. The van der Waals surface area contributed by atoms with E-state index in [9.17, 15) is 9.90 Å². The first-order valence-corrected chi connectivity index (χ1v) is 6.82. The normalized spacial score (nSPS) is 14.2. The lowest BCUT2D eigenvalue weighted by atomic mass is 9.96. The summed E-state index contributed by atoms with van der Waals surface area (Å²) in [6.45, 7) is 7.00. The molecule has 0 aliphatic heterocycles. The number of carbonyl (C=O) groups is 1. The van der Waals surface area contributed by atoms with Gasteiger partial charge in [-0.25, -0.2) is 0 Å². The van der Waals surface area contributed by atoms with Gasteiger partial charge in [0.1, 0.15) is 17.1 Å². The molecular formula is C16H24O5. The van der Waals surface area contributed by atoms with Gasteiger partial charge in [-0.1, -0.05) is 0 Å². The summed E-state index contributed by atoms with van der Waals surface area (Å²) in [5.41, 5.74) is -0.0636. The van der Waals surface area contributed by atoms with E-state index in [0.717, 1.165) is 0 Å². The Morgan fingerprint density at radius 2 is 1.81 bits per heavy atom. The molecule has 1 N–H and O–H groups in total. The molecule has 0 saturated carbocycles. The van der Waals surface area contributed by atoms with Crippen LogP contribution in [0.25, 0.3) is 0 Å². The molecule has 0 fully saturated rings. The highest BCUT2D eigenvalue weighted by atomic mass is 16.6. The number of hydrogen-bond acceptors (Lipinski definition) is 5. The average Bonchev–Trinajstić information content (AvgIpc) is 2.43. The molecule has 0 saturated heterocycles. The molecule has 5 nitrogen and oxygen atoms in total. The number of hydrogen-bond donors (Lipinski definition) is 1. The first-order valence-electron chi connectivity index (χ1n) is 6.82. The van der Waals surface area contributed by atoms with Crippen molar-refractivity contribution in [1.29, 1.82) is 0 Å². The average molecular weight is 296 g/mol. The molecule has 0 amide bonds. The zero-order valence-corrected chi connectivity index (χ0v) is 13.5. The summed E-state index contributed by atoms with van der Waals surface area (Å²) in [7, 11) is 3.05. The first kappa shape index (κ1) is 17.3. The van der Waals surface area contributed by atoms with Crippen molar-refractivity contribution in [1.82, 2.24) is 0 Å². The Labute approximate surface area is 125 Å². The van der Waals surface area contributed by atoms with Crippen LogP contribution in [0.5, 0.6) is 11.5 Å². The van der Waals surface area contributed by atoms with E-state index in [2.05, 4.69) is 0 Å². The molecule has 0 heterocycles. The van der Waals surface area contributed by atoms with Crippen LogP contribution < -0.4 is 9.47 Å². The molecular weight excluding hydrogens is 272 g/mol. The van der Waals surface area contributed by atoms with Gasteiger partial charge in [0.15, 0.2) is 0 Å². The van der Waals surface area contributed by atoms with Crippen molar-refractivity contribution in [3.05, 3.63) is 23.8 Å². The van der Waals surface area contributed by atoms with Gasteiger partial charge < -0.3 is 19.3 Å². The van der Waals surface area contributed by atoms with Crippen LogP contribution >= 0.6 is 0 Å². The van der Waals surface area contributed by atoms with Gasteiger partial charge in [-0.3, -0.25) is 4.79 Å². The van der Waals surface area contributed by atoms with Crippen LogP contribution in [-0.4, -0.2) is 30.9 Å². The number of rotatable bonds is 5. The second-order valence-corrected chi connectivity index (χ2v) is 5.87. The summed E-state index contributed by atoms with van der Waals surface area (Å²) in [6, 6.07) is 5.06. The van der Waals surface area contributed by atoms with Crippen LogP contribution in [0.1, 0.15) is 39.4 Å². The molecule has 21 heavy (non-hydrogen) atoms. The van der Waals surface area contributed by atoms with Crippen LogP contribution in [0.2, 0.25) is 0 Å². The van der Waals surface area contributed by atoms with Gasteiger partial charge in [-0.15, -0.1) is 0 Å². The van der Waals surface area contributed by atoms with Gasteiger partial charge in [-0.2, -0.15) is 0 Å². The van der Waals surface area contributed by atoms with Crippen LogP contribution in [-0.2, 0) is 9.53 Å². The summed E-state index contributed by atoms with van der Waals surface area (Å²) in [4.78, 5) is 12.0. The Hall–Kier alpha value is -1.75. The fraction of sp³-hybridized carbons (Fsp3) is 0.562. The lowest BCUT2D eigenvalue weighted by Gasteiger charge is -2.25. The Morgan fingerprint density at radius 1 is 1.19 bits per heavy atom. The highest BCUT2D eigenvalue weighted by Crippen LogP contribution is 2.33. The van der Waals surface area contributed by atoms with Crippen molar-refractivity contribution >= 4 is 5.97 Å². The Bertz CT molecular complexity index is 490. The van der Waals surface area contributed by atoms with E-state index in [1.54, 1.807) is 53.0 Å². The monoisotopic (exact) mass is 296 g/mol. The van der Waals surface area contributed by atoms with Crippen LogP contribution in [0.4, 0.5) is 0 Å². The molecule has 1 aromatic carbocycles. The minimum atomic E-state index is -1.01. The molecule has 0 radical (unpaired) electrons. The SMILES string of the molecule is COc1ccc(C(O)C(C)C(=O)OC(C)(C)C)c(OC)c1. The molecule has 0 aliphatic carbocycles. The fourth-order valence-electron chi connectivity index (χ4n) is 1.86. The maximum absolute atomic E-state index is 12.0. The Balaban J connectivity index is 2.97. The number of ether oxygens (including phenoxy) is 3. The molecule has 2 atom stereocenters. The van der Waals surface area contributed by atoms with Crippen LogP contribution in [0, 0.1) is 5.92 Å². The Morgan fingerprint density at radius 3 is 2.29 bits per heavy atom. The van der Waals surface area contributed by atoms with E-state index >= 15 is 0 Å². The number of aliphatic hydroxyl groups excluding tert-OH is 1. The predicted molar refractivity (Wildman–Crippen MR) is 79.5 cm³/mol. The van der Waals surface area contributed by atoms with E-state index < -0.39 is 23.6 Å². The van der Waals surface area contributed by atoms with Crippen molar-refractivity contribution in [2.75, 3.05) is 14.2 Å². The molecule has 0 spiro atoms. The molecule has 0 aliphatic rings. The van der Waals surface area contributed by atoms with Gasteiger partial charge in [-0.05, 0) is 39.8 Å². The third-order valence-corrected chi connectivity index (χ3v) is 3.01. The smallest absolute Gasteiger partial charge is 0.312 e. The fourth-order valence-corrected chi connectivity index (χ4v) is 1.86. The van der Waals surface area contributed by atoms with E-state index in [1.807, 2.05) is 0 Å². The minimum absolute atomic E-state index is 0.451. The van der Waals surface area contributed by atoms with Gasteiger partial charge >= 0.3 is 5.97 Å². The summed E-state index contributed by atoms with van der Waals surface area (Å²) in [5, 5.41) is 10.4. The highest BCUT2D eigenvalue weighted by molar-refractivity contribution is 5.73. The summed E-state index contributed by atoms with van der Waals surface area (Å²) in [6.07, 6.45) is -1.01. The molecule has 1 aromatic rings. The number of esters is 1. The molecule has 0 aromatic heterocycles. The lowest BCUT2D eigenvalue weighted by molar-refractivity contribution is -0.163. The maximum Gasteiger partial charge on any atom is 0.312 e. The largest absolute Gasteiger partial charge is 0.497 e. The van der Waals surface area contributed by atoms with Gasteiger partial charge in [0, 0.05) is 11.6 Å². The molecule has 2 unspecified atom stereocenters. The number of carbonyl (C=O) groups excluding carboxylic acids is 1. The van der Waals surface area contributed by atoms with E-state index in [-0.39, 0.29) is 0 Å². The molecule has 0 bridgehead atoms. The number of aliphatic hydroxyl groups is 1. The van der Waals surface area contributed by atoms with Crippen LogP contribution in [0.3, 0.4) is 0 Å². The third-order valence-electron chi connectivity index (χ3n) is 3.01. The van der Waals surface area contributed by atoms with Gasteiger partial charge in [0.2, 0.25) is 0 Å². The van der Waals surface area contributed by atoms with E-state index in [1.165, 1.54) is 7.11 Å². The van der Waals surface area contributed by atoms with Crippen molar-refractivity contribution in [2.45, 2.75) is 39.4 Å². The summed E-state index contributed by atoms with van der Waals surface area (Å²) < 4.78 is 15.7. The highest BCUT2D eigenvalue weighted by Gasteiger charge is 2.30. The van der Waals surface area contributed by atoms with E-state index in [4.69, 9.17) is 14.2 Å². The quantitative estimate of drug-likeness (QED) is 0.846. The van der Waals surface area contributed by atoms with Crippen molar-refractivity contribution < 1.29 is 24.1 Å². The van der Waals surface area contributed by atoms with Crippen molar-refractivity contribution in [3.8, 4) is 11.5 Å². The molecule has 118 valence electrons. The molecule has 1 rings (SSSR count). The zero-order valence-electron chi connectivity index (χ0n) is 13.5. The summed E-state index contributed by atoms with van der Waals surface area (Å²) >= 11 is 0. The van der Waals surface area contributed by atoms with Gasteiger partial charge in [0.25, 0.3) is 0 Å². The third kappa shape index (κ3) is 4.63. The second kappa shape index (κ2) is 6.80. The Kier molecular flexibility index (Phi) is 5.61. The van der Waals surface area contributed by atoms with Crippen LogP contribution in [0.15, 0.2) is 18.2 Å². The topological polar surface area (TPSA) is 65.0 Å². The minimum Gasteiger partial charge on any atom is -0.497 e. The molecule has 5 heteroatoms. The number of benzene rings is 1. The zero-order chi connectivity index (χ0) is 16.2. The van der Waals surface area contributed by atoms with Gasteiger partial charge in [0.05, 0.1) is 26.2 Å². The maximum atomic E-state index is 12.0. The number of methoxy groups -OCH3 is 2.